The number of rotatable bonds is 5. The van der Waals surface area contributed by atoms with Gasteiger partial charge in [0, 0.05) is 55.5 Å². The van der Waals surface area contributed by atoms with Crippen molar-refractivity contribution in [3.05, 3.63) is 65.8 Å². The van der Waals surface area contributed by atoms with Gasteiger partial charge in [0.1, 0.15) is 18.0 Å². The average molecular weight is 489 g/mol. The molecule has 1 amide bonds. The molecule has 0 radical (unpaired) electrons. The lowest BCUT2D eigenvalue weighted by Crippen LogP contribution is -2.33. The third-order valence-corrected chi connectivity index (χ3v) is 6.65. The Hall–Kier alpha value is -3.88. The molecule has 5 rings (SSSR count). The molecule has 0 saturated carbocycles. The zero-order valence-corrected chi connectivity index (χ0v) is 20.9. The first-order valence-corrected chi connectivity index (χ1v) is 12.2. The van der Waals surface area contributed by atoms with Crippen molar-refractivity contribution in [3.8, 4) is 11.1 Å². The van der Waals surface area contributed by atoms with Crippen LogP contribution in [0.25, 0.3) is 22.0 Å². The van der Waals surface area contributed by atoms with E-state index in [2.05, 4.69) is 25.0 Å². The van der Waals surface area contributed by atoms with Gasteiger partial charge in [0.2, 0.25) is 5.89 Å². The normalized spacial score (nSPS) is 14.6. The molecule has 0 unspecified atom stereocenters. The van der Waals surface area contributed by atoms with Gasteiger partial charge in [-0.1, -0.05) is 31.1 Å². The van der Waals surface area contributed by atoms with Crippen molar-refractivity contribution in [2.45, 2.75) is 38.5 Å². The predicted molar refractivity (Wildman–Crippen MR) is 136 cm³/mol. The van der Waals surface area contributed by atoms with Crippen molar-refractivity contribution in [2.24, 2.45) is 0 Å². The number of carbonyl (C=O) groups excluding carboxylic acids is 1. The van der Waals surface area contributed by atoms with E-state index in [1.54, 1.807) is 26.2 Å². The lowest BCUT2D eigenvalue weighted by Gasteiger charge is -2.32. The van der Waals surface area contributed by atoms with Crippen molar-refractivity contribution in [1.82, 2.24) is 25.0 Å². The minimum Gasteiger partial charge on any atom is -0.356 e. The number of hydrogen-bond donors (Lipinski definition) is 0. The summed E-state index contributed by atoms with van der Waals surface area (Å²) in [5, 5.41) is 4.76. The molecule has 0 spiro atoms. The van der Waals surface area contributed by atoms with Gasteiger partial charge in [0.25, 0.3) is 5.91 Å². The Morgan fingerprint density at radius 2 is 1.83 bits per heavy atom. The summed E-state index contributed by atoms with van der Waals surface area (Å²) in [6.45, 7) is 5.57. The zero-order valence-electron chi connectivity index (χ0n) is 20.9. The van der Waals surface area contributed by atoms with Crippen LogP contribution in [0.4, 0.5) is 10.2 Å². The number of halogens is 1. The highest BCUT2D eigenvalue weighted by molar-refractivity contribution is 6.00. The van der Waals surface area contributed by atoms with E-state index in [0.29, 0.717) is 33.7 Å². The number of fused-ring (bicyclic) bond motifs is 1. The fourth-order valence-corrected chi connectivity index (χ4v) is 4.63. The Balaban J connectivity index is 1.42. The molecule has 1 aliphatic heterocycles. The predicted octanol–water partition coefficient (Wildman–Crippen LogP) is 5.03. The van der Waals surface area contributed by atoms with Crippen LogP contribution in [-0.2, 0) is 0 Å². The van der Waals surface area contributed by atoms with Crippen LogP contribution >= 0.6 is 0 Å². The molecule has 0 aliphatic carbocycles. The number of carbonyl (C=O) groups is 1. The smallest absolute Gasteiger partial charge is 0.253 e. The highest BCUT2D eigenvalue weighted by Crippen LogP contribution is 2.35. The fourth-order valence-electron chi connectivity index (χ4n) is 4.63. The molecular weight excluding hydrogens is 459 g/mol. The molecule has 186 valence electrons. The Morgan fingerprint density at radius 1 is 1.11 bits per heavy atom. The minimum atomic E-state index is -0.357. The third-order valence-electron chi connectivity index (χ3n) is 6.65. The number of aromatic nitrogens is 4. The molecule has 0 atom stereocenters. The summed E-state index contributed by atoms with van der Waals surface area (Å²) in [5.74, 6) is 2.12. The van der Waals surface area contributed by atoms with E-state index in [1.165, 1.54) is 23.4 Å². The van der Waals surface area contributed by atoms with Crippen LogP contribution in [0, 0.1) is 5.82 Å². The molecule has 9 heteroatoms. The Labute approximate surface area is 209 Å². The monoisotopic (exact) mass is 488 g/mol. The van der Waals surface area contributed by atoms with Crippen LogP contribution < -0.4 is 4.90 Å². The Bertz CT molecular complexity index is 1390. The molecule has 2 aromatic carbocycles. The average Bonchev–Trinajstić information content (AvgIpc) is 3.38. The van der Waals surface area contributed by atoms with Gasteiger partial charge < -0.3 is 14.3 Å². The van der Waals surface area contributed by atoms with Gasteiger partial charge in [-0.2, -0.15) is 4.98 Å². The Morgan fingerprint density at radius 3 is 2.47 bits per heavy atom. The molecule has 1 saturated heterocycles. The van der Waals surface area contributed by atoms with E-state index in [-0.39, 0.29) is 23.6 Å². The first-order valence-electron chi connectivity index (χ1n) is 12.2. The molecule has 0 bridgehead atoms. The van der Waals surface area contributed by atoms with Crippen molar-refractivity contribution in [1.29, 1.82) is 0 Å². The minimum absolute atomic E-state index is 0.0837. The Kier molecular flexibility index (Phi) is 6.38. The maximum Gasteiger partial charge on any atom is 0.253 e. The highest BCUT2D eigenvalue weighted by atomic mass is 19.1. The van der Waals surface area contributed by atoms with Gasteiger partial charge in [-0.3, -0.25) is 4.79 Å². The van der Waals surface area contributed by atoms with E-state index in [9.17, 15) is 9.18 Å². The standard InChI is InChI=1S/C27H29FN6O2/c1-16(2)24-31-26(36-32-24)18-9-11-34(12-10-18)25-22-14-20(28)13-21(23(22)29-15-30-25)17-5-7-19(8-6-17)27(35)33(3)4/h5-8,13-16,18H,9-12H2,1-4H3. The third kappa shape index (κ3) is 4.53. The van der Waals surface area contributed by atoms with Crippen molar-refractivity contribution in [2.75, 3.05) is 32.1 Å². The molecule has 8 nitrogen and oxygen atoms in total. The molecule has 0 N–H and O–H groups in total. The summed E-state index contributed by atoms with van der Waals surface area (Å²) in [4.78, 5) is 29.6. The first kappa shape index (κ1) is 23.8. The van der Waals surface area contributed by atoms with Crippen LogP contribution in [0.3, 0.4) is 0 Å². The lowest BCUT2D eigenvalue weighted by molar-refractivity contribution is 0.0827. The van der Waals surface area contributed by atoms with Crippen molar-refractivity contribution >= 4 is 22.6 Å². The fraction of sp³-hybridized carbons (Fsp3) is 0.370. The number of amides is 1. The summed E-state index contributed by atoms with van der Waals surface area (Å²) >= 11 is 0. The SMILES string of the molecule is CC(C)c1noc(C2CCN(c3ncnc4c(-c5ccc(C(=O)N(C)C)cc5)cc(F)cc34)CC2)n1. The van der Waals surface area contributed by atoms with Gasteiger partial charge in [0.15, 0.2) is 5.82 Å². The second-order valence-corrected chi connectivity index (χ2v) is 9.73. The van der Waals surface area contributed by atoms with Gasteiger partial charge in [-0.05, 0) is 42.7 Å². The summed E-state index contributed by atoms with van der Waals surface area (Å²) in [7, 11) is 3.42. The second kappa shape index (κ2) is 9.64. The zero-order chi connectivity index (χ0) is 25.4. The molecule has 2 aromatic heterocycles. The van der Waals surface area contributed by atoms with E-state index in [4.69, 9.17) is 4.52 Å². The van der Waals surface area contributed by atoms with E-state index in [0.717, 1.165) is 37.3 Å². The maximum atomic E-state index is 14.8. The summed E-state index contributed by atoms with van der Waals surface area (Å²) in [6.07, 6.45) is 3.21. The van der Waals surface area contributed by atoms with Gasteiger partial charge in [-0.15, -0.1) is 0 Å². The van der Waals surface area contributed by atoms with Crippen molar-refractivity contribution in [3.63, 3.8) is 0 Å². The quantitative estimate of drug-likeness (QED) is 0.389. The number of nitrogens with zero attached hydrogens (tertiary/aromatic N) is 6. The summed E-state index contributed by atoms with van der Waals surface area (Å²) < 4.78 is 20.3. The summed E-state index contributed by atoms with van der Waals surface area (Å²) in [6, 6.07) is 10.1. The van der Waals surface area contributed by atoms with Gasteiger partial charge in [0.05, 0.1) is 5.52 Å². The number of hydrogen-bond acceptors (Lipinski definition) is 7. The van der Waals surface area contributed by atoms with Gasteiger partial charge >= 0.3 is 0 Å². The van der Waals surface area contributed by atoms with Crippen LogP contribution in [0.1, 0.15) is 60.6 Å². The maximum absolute atomic E-state index is 14.8. The first-order chi connectivity index (χ1) is 17.3. The molecule has 1 aliphatic rings. The number of piperidine rings is 1. The number of benzene rings is 2. The van der Waals surface area contributed by atoms with Crippen LogP contribution in [0.2, 0.25) is 0 Å². The largest absolute Gasteiger partial charge is 0.356 e. The number of anilines is 1. The molecule has 1 fully saturated rings. The van der Waals surface area contributed by atoms with Crippen LogP contribution in [0.5, 0.6) is 0 Å². The van der Waals surface area contributed by atoms with E-state index >= 15 is 0 Å². The van der Waals surface area contributed by atoms with Crippen LogP contribution in [0.15, 0.2) is 47.2 Å². The highest BCUT2D eigenvalue weighted by Gasteiger charge is 2.27. The molecule has 4 aromatic rings. The topological polar surface area (TPSA) is 88.2 Å². The summed E-state index contributed by atoms with van der Waals surface area (Å²) in [5.41, 5.74) is 2.70. The molecular formula is C27H29FN6O2. The van der Waals surface area contributed by atoms with Gasteiger partial charge in [-0.25, -0.2) is 14.4 Å². The van der Waals surface area contributed by atoms with E-state index in [1.807, 2.05) is 26.0 Å². The molecule has 3 heterocycles. The lowest BCUT2D eigenvalue weighted by atomic mass is 9.96. The van der Waals surface area contributed by atoms with Crippen molar-refractivity contribution < 1.29 is 13.7 Å². The molecule has 36 heavy (non-hydrogen) atoms. The second-order valence-electron chi connectivity index (χ2n) is 9.73. The van der Waals surface area contributed by atoms with E-state index < -0.39 is 0 Å². The van der Waals surface area contributed by atoms with Crippen LogP contribution in [-0.4, -0.2) is 58.1 Å².